The Morgan fingerprint density at radius 2 is 1.73 bits per heavy atom. The van der Waals surface area contributed by atoms with Crippen molar-refractivity contribution in [2.75, 3.05) is 10.5 Å². The Hall–Kier alpha value is -3.52. The molecule has 6 nitrogen and oxygen atoms in total. The molecule has 0 aliphatic heterocycles. The van der Waals surface area contributed by atoms with Crippen LogP contribution in [0.3, 0.4) is 0 Å². The van der Waals surface area contributed by atoms with Gasteiger partial charge in [-0.1, -0.05) is 36.4 Å². The molecule has 0 spiro atoms. The van der Waals surface area contributed by atoms with Gasteiger partial charge in [-0.25, -0.2) is 17.9 Å². The number of anilines is 1. The number of nitrogens with one attached hydrogen (secondary N) is 2. The maximum Gasteiger partial charge on any atom is 0.272 e. The zero-order chi connectivity index (χ0) is 23.0. The van der Waals surface area contributed by atoms with Crippen molar-refractivity contribution in [3.8, 4) is 11.1 Å². The second-order valence-electron chi connectivity index (χ2n) is 8.44. The van der Waals surface area contributed by atoms with Crippen LogP contribution in [0.15, 0.2) is 71.5 Å². The second-order valence-corrected chi connectivity index (χ2v) is 10.2. The molecule has 1 heterocycles. The van der Waals surface area contributed by atoms with Crippen molar-refractivity contribution >= 4 is 26.5 Å². The fourth-order valence-corrected chi connectivity index (χ4v) is 5.47. The second kappa shape index (κ2) is 8.44. The van der Waals surface area contributed by atoms with Crippen molar-refractivity contribution in [3.63, 3.8) is 0 Å². The molecule has 33 heavy (non-hydrogen) atoms. The van der Waals surface area contributed by atoms with E-state index in [0.717, 1.165) is 23.8 Å². The van der Waals surface area contributed by atoms with E-state index in [0.29, 0.717) is 34.3 Å². The summed E-state index contributed by atoms with van der Waals surface area (Å²) in [5, 5.41) is 8.05. The van der Waals surface area contributed by atoms with Gasteiger partial charge in [-0.3, -0.25) is 9.52 Å². The highest BCUT2D eigenvalue weighted by Gasteiger charge is 2.28. The number of H-pyrrole nitrogens is 1. The standard InChI is InChI=1S/C25H22FN3O3S/c26-23-12-7-17(14-24-20-3-1-2-4-21(20)25(30)28-27-24)13-22(23)18-8-10-19(11-9-18)29-33(31,32)15-16-5-6-16/h1-4,7-13,16,29H,5-6,14-15H2,(H,28,30). The molecule has 0 bridgehead atoms. The average Bonchev–Trinajstić information content (AvgIpc) is 3.61. The first-order valence-electron chi connectivity index (χ1n) is 10.7. The topological polar surface area (TPSA) is 91.9 Å². The van der Waals surface area contributed by atoms with E-state index in [1.165, 1.54) is 6.07 Å². The van der Waals surface area contributed by atoms with E-state index in [1.807, 2.05) is 12.1 Å². The molecule has 168 valence electrons. The molecule has 0 atom stereocenters. The first-order chi connectivity index (χ1) is 15.9. The van der Waals surface area contributed by atoms with Gasteiger partial charge in [0.1, 0.15) is 5.82 Å². The summed E-state index contributed by atoms with van der Waals surface area (Å²) in [4.78, 5) is 12.0. The molecule has 1 aliphatic carbocycles. The fourth-order valence-electron chi connectivity index (χ4n) is 3.94. The summed E-state index contributed by atoms with van der Waals surface area (Å²) in [7, 11) is -3.38. The molecule has 1 fully saturated rings. The van der Waals surface area contributed by atoms with Crippen LogP contribution in [0, 0.1) is 11.7 Å². The van der Waals surface area contributed by atoms with E-state index in [2.05, 4.69) is 14.9 Å². The van der Waals surface area contributed by atoms with Crippen LogP contribution in [0.2, 0.25) is 0 Å². The minimum atomic E-state index is -3.38. The van der Waals surface area contributed by atoms with Gasteiger partial charge in [-0.15, -0.1) is 0 Å². The molecule has 2 N–H and O–H groups in total. The number of benzene rings is 3. The molecule has 0 amide bonds. The van der Waals surface area contributed by atoms with Crippen molar-refractivity contribution in [3.05, 3.63) is 94.2 Å². The molecule has 0 saturated heterocycles. The SMILES string of the molecule is O=c1[nH]nc(Cc2ccc(F)c(-c3ccc(NS(=O)(=O)CC4CC4)cc3)c2)c2ccccc12. The van der Waals surface area contributed by atoms with Crippen LogP contribution < -0.4 is 10.3 Å². The lowest BCUT2D eigenvalue weighted by atomic mass is 9.99. The third kappa shape index (κ3) is 4.80. The summed E-state index contributed by atoms with van der Waals surface area (Å²) in [6.07, 6.45) is 2.34. The Kier molecular flexibility index (Phi) is 5.46. The Labute approximate surface area is 190 Å². The number of nitrogens with zero attached hydrogens (tertiary/aromatic N) is 1. The third-order valence-electron chi connectivity index (χ3n) is 5.80. The van der Waals surface area contributed by atoms with Crippen molar-refractivity contribution in [1.82, 2.24) is 10.2 Å². The molecular formula is C25H22FN3O3S. The Balaban J connectivity index is 1.40. The first kappa shape index (κ1) is 21.3. The van der Waals surface area contributed by atoms with Crippen molar-refractivity contribution < 1.29 is 12.8 Å². The summed E-state index contributed by atoms with van der Waals surface area (Å²) in [6, 6.07) is 18.8. The summed E-state index contributed by atoms with van der Waals surface area (Å²) in [5.41, 5.74) is 2.79. The number of hydrogen-bond donors (Lipinski definition) is 2. The first-order valence-corrected chi connectivity index (χ1v) is 12.4. The summed E-state index contributed by atoms with van der Waals surface area (Å²) in [5.74, 6) is 0.0200. The summed E-state index contributed by atoms with van der Waals surface area (Å²) in [6.45, 7) is 0. The minimum Gasteiger partial charge on any atom is -0.284 e. The van der Waals surface area contributed by atoms with Crippen molar-refractivity contribution in [1.29, 1.82) is 0 Å². The smallest absolute Gasteiger partial charge is 0.272 e. The fraction of sp³-hybridized carbons (Fsp3) is 0.200. The summed E-state index contributed by atoms with van der Waals surface area (Å²) < 4.78 is 41.6. The summed E-state index contributed by atoms with van der Waals surface area (Å²) >= 11 is 0. The number of halogens is 1. The van der Waals surface area contributed by atoms with Gasteiger partial charge in [0.25, 0.3) is 5.56 Å². The normalized spacial score (nSPS) is 13.8. The van der Waals surface area contributed by atoms with Gasteiger partial charge in [0.2, 0.25) is 10.0 Å². The molecule has 1 aromatic heterocycles. The molecule has 3 aromatic carbocycles. The largest absolute Gasteiger partial charge is 0.284 e. The quantitative estimate of drug-likeness (QED) is 0.423. The average molecular weight is 464 g/mol. The highest BCUT2D eigenvalue weighted by molar-refractivity contribution is 7.92. The van der Waals surface area contributed by atoms with Gasteiger partial charge in [0.05, 0.1) is 16.8 Å². The van der Waals surface area contributed by atoms with E-state index in [-0.39, 0.29) is 23.0 Å². The van der Waals surface area contributed by atoms with Crippen LogP contribution in [0.25, 0.3) is 21.9 Å². The molecule has 8 heteroatoms. The monoisotopic (exact) mass is 463 g/mol. The van der Waals surface area contributed by atoms with Crippen LogP contribution in [-0.2, 0) is 16.4 Å². The molecule has 0 unspecified atom stereocenters. The lowest BCUT2D eigenvalue weighted by Crippen LogP contribution is -2.17. The van der Waals surface area contributed by atoms with Gasteiger partial charge in [-0.05, 0) is 60.2 Å². The van der Waals surface area contributed by atoms with E-state index in [9.17, 15) is 17.6 Å². The maximum absolute atomic E-state index is 14.6. The minimum absolute atomic E-state index is 0.138. The Bertz CT molecular complexity index is 1490. The Morgan fingerprint density at radius 3 is 2.45 bits per heavy atom. The molecule has 1 saturated carbocycles. The zero-order valence-corrected chi connectivity index (χ0v) is 18.5. The predicted molar refractivity (Wildman–Crippen MR) is 127 cm³/mol. The highest BCUT2D eigenvalue weighted by Crippen LogP contribution is 2.31. The number of sulfonamides is 1. The van der Waals surface area contributed by atoms with Crippen LogP contribution >= 0.6 is 0 Å². The number of rotatable bonds is 7. The molecule has 4 aromatic rings. The van der Waals surface area contributed by atoms with E-state index in [4.69, 9.17) is 0 Å². The lowest BCUT2D eigenvalue weighted by molar-refractivity contribution is 0.597. The van der Waals surface area contributed by atoms with Crippen molar-refractivity contribution in [2.24, 2.45) is 5.92 Å². The van der Waals surface area contributed by atoms with Crippen LogP contribution in [0.1, 0.15) is 24.1 Å². The van der Waals surface area contributed by atoms with Gasteiger partial charge in [0, 0.05) is 23.1 Å². The Morgan fingerprint density at radius 1 is 1.00 bits per heavy atom. The van der Waals surface area contributed by atoms with Crippen LogP contribution in [0.4, 0.5) is 10.1 Å². The maximum atomic E-state index is 14.6. The highest BCUT2D eigenvalue weighted by atomic mass is 32.2. The zero-order valence-electron chi connectivity index (χ0n) is 17.7. The molecule has 5 rings (SSSR count). The predicted octanol–water partition coefficient (Wildman–Crippen LogP) is 4.47. The van der Waals surface area contributed by atoms with E-state index in [1.54, 1.807) is 48.5 Å². The van der Waals surface area contributed by atoms with E-state index >= 15 is 0 Å². The van der Waals surface area contributed by atoms with Crippen molar-refractivity contribution in [2.45, 2.75) is 19.3 Å². The number of aromatic nitrogens is 2. The van der Waals surface area contributed by atoms with Gasteiger partial charge >= 0.3 is 0 Å². The van der Waals surface area contributed by atoms with Gasteiger partial charge in [0.15, 0.2) is 0 Å². The molecule has 1 aliphatic rings. The third-order valence-corrected chi connectivity index (χ3v) is 7.26. The van der Waals surface area contributed by atoms with Gasteiger partial charge in [-0.2, -0.15) is 5.10 Å². The van der Waals surface area contributed by atoms with E-state index < -0.39 is 10.0 Å². The number of hydrogen-bond acceptors (Lipinski definition) is 4. The van der Waals surface area contributed by atoms with Gasteiger partial charge < -0.3 is 0 Å². The lowest BCUT2D eigenvalue weighted by Gasteiger charge is -2.11. The molecular weight excluding hydrogens is 441 g/mol. The molecule has 0 radical (unpaired) electrons. The number of aromatic amines is 1. The van der Waals surface area contributed by atoms with Crippen LogP contribution in [-0.4, -0.2) is 24.4 Å². The van der Waals surface area contributed by atoms with Crippen LogP contribution in [0.5, 0.6) is 0 Å². The number of fused-ring (bicyclic) bond motifs is 1.